The molecule has 2 aromatic rings. The summed E-state index contributed by atoms with van der Waals surface area (Å²) in [5, 5.41) is 13.9. The summed E-state index contributed by atoms with van der Waals surface area (Å²) in [6, 6.07) is 9.87. The van der Waals surface area contributed by atoms with Crippen molar-refractivity contribution in [2.45, 2.75) is 13.0 Å². The van der Waals surface area contributed by atoms with Crippen molar-refractivity contribution in [2.75, 3.05) is 18.5 Å². The quantitative estimate of drug-likeness (QED) is 0.582. The van der Waals surface area contributed by atoms with Gasteiger partial charge in [0.15, 0.2) is 0 Å². The van der Waals surface area contributed by atoms with Crippen LogP contribution in [0.4, 0.5) is 5.69 Å². The Morgan fingerprint density at radius 2 is 2.12 bits per heavy atom. The van der Waals surface area contributed by atoms with Crippen LogP contribution in [-0.4, -0.2) is 25.0 Å². The van der Waals surface area contributed by atoms with Crippen LogP contribution < -0.4 is 10.6 Å². The van der Waals surface area contributed by atoms with E-state index in [9.17, 15) is 9.59 Å². The molecule has 0 radical (unpaired) electrons. The lowest BCUT2D eigenvalue weighted by molar-refractivity contribution is -0.136. The fourth-order valence-corrected chi connectivity index (χ4v) is 2.12. The van der Waals surface area contributed by atoms with Crippen molar-refractivity contribution in [3.63, 3.8) is 0 Å². The van der Waals surface area contributed by atoms with Gasteiger partial charge in [0.1, 0.15) is 18.4 Å². The predicted octanol–water partition coefficient (Wildman–Crippen LogP) is 2.47. The first-order valence-corrected chi connectivity index (χ1v) is 7.87. The zero-order valence-electron chi connectivity index (χ0n) is 13.3. The molecule has 0 aliphatic carbocycles. The normalized spacial score (nSPS) is 10.1. The van der Waals surface area contributed by atoms with E-state index in [2.05, 4.69) is 10.6 Å². The fourth-order valence-electron chi connectivity index (χ4n) is 1.90. The average molecular weight is 362 g/mol. The van der Waals surface area contributed by atoms with Crippen molar-refractivity contribution in [1.82, 2.24) is 5.32 Å². The fraction of sp³-hybridized carbons (Fsp3) is 0.235. The van der Waals surface area contributed by atoms with E-state index in [-0.39, 0.29) is 5.02 Å². The van der Waals surface area contributed by atoms with E-state index in [0.717, 1.165) is 5.76 Å². The maximum atomic E-state index is 11.8. The molecule has 7 nitrogen and oxygen atoms in total. The van der Waals surface area contributed by atoms with E-state index in [1.165, 1.54) is 18.2 Å². The van der Waals surface area contributed by atoms with Gasteiger partial charge < -0.3 is 19.8 Å². The molecule has 0 saturated carbocycles. The Bertz CT molecular complexity index is 769. The second-order valence-electron chi connectivity index (χ2n) is 5.00. The van der Waals surface area contributed by atoms with E-state index in [4.69, 9.17) is 26.0 Å². The number of benzene rings is 1. The standard InChI is InChI=1S/C17H16ClN3O4/c18-15-9-13(5-4-12(15)10-19)21-17(23)16(22)20-6-2-7-24-11-14-3-1-8-25-14/h1,3-5,8-9H,2,6-7,11H2,(H,20,22)(H,21,23). The van der Waals surface area contributed by atoms with E-state index < -0.39 is 11.8 Å². The Balaban J connectivity index is 1.65. The lowest BCUT2D eigenvalue weighted by Crippen LogP contribution is -2.36. The minimum absolute atomic E-state index is 0.203. The molecule has 1 heterocycles. The summed E-state index contributed by atoms with van der Waals surface area (Å²) in [5.74, 6) is -0.840. The number of hydrogen-bond donors (Lipinski definition) is 2. The number of ether oxygens (including phenoxy) is 1. The van der Waals surface area contributed by atoms with Crippen molar-refractivity contribution >= 4 is 29.1 Å². The molecule has 2 amide bonds. The number of nitrogens with zero attached hydrogens (tertiary/aromatic N) is 1. The molecular formula is C17H16ClN3O4. The Labute approximate surface area is 149 Å². The first kappa shape index (κ1) is 18.5. The first-order valence-electron chi connectivity index (χ1n) is 7.49. The highest BCUT2D eigenvalue weighted by Crippen LogP contribution is 2.20. The van der Waals surface area contributed by atoms with Gasteiger partial charge in [-0.05, 0) is 36.8 Å². The van der Waals surface area contributed by atoms with Crippen LogP contribution >= 0.6 is 11.6 Å². The molecule has 0 fully saturated rings. The molecule has 0 unspecified atom stereocenters. The maximum absolute atomic E-state index is 11.8. The smallest absolute Gasteiger partial charge is 0.313 e. The summed E-state index contributed by atoms with van der Waals surface area (Å²) >= 11 is 5.87. The van der Waals surface area contributed by atoms with Gasteiger partial charge in [-0.1, -0.05) is 11.6 Å². The summed E-state index contributed by atoms with van der Waals surface area (Å²) in [7, 11) is 0. The van der Waals surface area contributed by atoms with Gasteiger partial charge in [0.25, 0.3) is 0 Å². The largest absolute Gasteiger partial charge is 0.467 e. The van der Waals surface area contributed by atoms with E-state index >= 15 is 0 Å². The molecule has 2 rings (SSSR count). The van der Waals surface area contributed by atoms with Crippen LogP contribution in [0.1, 0.15) is 17.7 Å². The molecule has 0 spiro atoms. The van der Waals surface area contributed by atoms with Gasteiger partial charge in [0, 0.05) is 18.8 Å². The number of amides is 2. The van der Waals surface area contributed by atoms with E-state index in [1.807, 2.05) is 12.1 Å². The molecule has 0 saturated heterocycles. The summed E-state index contributed by atoms with van der Waals surface area (Å²) in [5.41, 5.74) is 0.629. The molecule has 1 aromatic heterocycles. The topological polar surface area (TPSA) is 104 Å². The minimum atomic E-state index is -0.808. The van der Waals surface area contributed by atoms with Crippen LogP contribution in [0.2, 0.25) is 5.02 Å². The number of rotatable bonds is 7. The highest BCUT2D eigenvalue weighted by Gasteiger charge is 2.13. The van der Waals surface area contributed by atoms with Gasteiger partial charge >= 0.3 is 11.8 Å². The van der Waals surface area contributed by atoms with Gasteiger partial charge in [-0.3, -0.25) is 9.59 Å². The Kier molecular flexibility index (Phi) is 7.01. The molecule has 1 aromatic carbocycles. The Hall–Kier alpha value is -2.82. The summed E-state index contributed by atoms with van der Waals surface area (Å²) in [6.45, 7) is 1.09. The van der Waals surface area contributed by atoms with E-state index in [1.54, 1.807) is 12.3 Å². The number of hydrogen-bond acceptors (Lipinski definition) is 5. The molecule has 25 heavy (non-hydrogen) atoms. The number of halogens is 1. The third-order valence-corrected chi connectivity index (χ3v) is 3.44. The third kappa shape index (κ3) is 5.95. The summed E-state index contributed by atoms with van der Waals surface area (Å²) < 4.78 is 10.5. The van der Waals surface area contributed by atoms with Crippen molar-refractivity contribution in [2.24, 2.45) is 0 Å². The molecule has 2 N–H and O–H groups in total. The van der Waals surface area contributed by atoms with Crippen molar-refractivity contribution < 1.29 is 18.7 Å². The predicted molar refractivity (Wildman–Crippen MR) is 90.8 cm³/mol. The van der Waals surface area contributed by atoms with E-state index in [0.29, 0.717) is 37.4 Å². The number of nitrogens with one attached hydrogen (secondary N) is 2. The minimum Gasteiger partial charge on any atom is -0.467 e. The lowest BCUT2D eigenvalue weighted by Gasteiger charge is -2.07. The Morgan fingerprint density at radius 3 is 2.80 bits per heavy atom. The molecule has 8 heteroatoms. The van der Waals surface area contributed by atoms with Crippen LogP contribution in [0, 0.1) is 11.3 Å². The van der Waals surface area contributed by atoms with Crippen molar-refractivity contribution in [3.05, 3.63) is 52.9 Å². The van der Waals surface area contributed by atoms with Gasteiger partial charge in [0.05, 0.1) is 16.8 Å². The number of anilines is 1. The van der Waals surface area contributed by atoms with Crippen LogP contribution in [0.15, 0.2) is 41.0 Å². The molecule has 0 aliphatic heterocycles. The zero-order valence-corrected chi connectivity index (χ0v) is 14.0. The monoisotopic (exact) mass is 361 g/mol. The second-order valence-corrected chi connectivity index (χ2v) is 5.41. The zero-order chi connectivity index (χ0) is 18.1. The van der Waals surface area contributed by atoms with Crippen molar-refractivity contribution in [3.8, 4) is 6.07 Å². The highest BCUT2D eigenvalue weighted by molar-refractivity contribution is 6.39. The molecule has 0 atom stereocenters. The first-order chi connectivity index (χ1) is 12.1. The van der Waals surface area contributed by atoms with Crippen LogP contribution in [-0.2, 0) is 20.9 Å². The van der Waals surface area contributed by atoms with Gasteiger partial charge in [-0.15, -0.1) is 0 Å². The van der Waals surface area contributed by atoms with Gasteiger partial charge in [-0.2, -0.15) is 5.26 Å². The second kappa shape index (κ2) is 9.47. The maximum Gasteiger partial charge on any atom is 0.313 e. The third-order valence-electron chi connectivity index (χ3n) is 3.13. The SMILES string of the molecule is N#Cc1ccc(NC(=O)C(=O)NCCCOCc2ccco2)cc1Cl. The van der Waals surface area contributed by atoms with Gasteiger partial charge in [-0.25, -0.2) is 0 Å². The molecular weight excluding hydrogens is 346 g/mol. The molecule has 130 valence electrons. The van der Waals surface area contributed by atoms with Crippen LogP contribution in [0.5, 0.6) is 0 Å². The lowest BCUT2D eigenvalue weighted by atomic mass is 10.2. The Morgan fingerprint density at radius 1 is 1.28 bits per heavy atom. The van der Waals surface area contributed by atoms with Crippen LogP contribution in [0.25, 0.3) is 0 Å². The van der Waals surface area contributed by atoms with Crippen LogP contribution in [0.3, 0.4) is 0 Å². The van der Waals surface area contributed by atoms with Crippen molar-refractivity contribution in [1.29, 1.82) is 5.26 Å². The van der Waals surface area contributed by atoms with Gasteiger partial charge in [0.2, 0.25) is 0 Å². The summed E-state index contributed by atoms with van der Waals surface area (Å²) in [4.78, 5) is 23.5. The molecule has 0 bridgehead atoms. The number of carbonyl (C=O) groups is 2. The summed E-state index contributed by atoms with van der Waals surface area (Å²) in [6.07, 6.45) is 2.13. The highest BCUT2D eigenvalue weighted by atomic mass is 35.5. The molecule has 0 aliphatic rings. The number of nitriles is 1. The average Bonchev–Trinajstić information content (AvgIpc) is 3.11. The number of furan rings is 1. The number of carbonyl (C=O) groups excluding carboxylic acids is 2.